The lowest BCUT2D eigenvalue weighted by molar-refractivity contribution is -0.117. The third-order valence-corrected chi connectivity index (χ3v) is 6.21. The minimum atomic E-state index is -0.371. The molecule has 182 valence electrons. The topological polar surface area (TPSA) is 79.5 Å². The maximum absolute atomic E-state index is 12.8. The zero-order chi connectivity index (χ0) is 24.7. The molecule has 2 heterocycles. The summed E-state index contributed by atoms with van der Waals surface area (Å²) in [6.45, 7) is 12.6. The van der Waals surface area contributed by atoms with Crippen LogP contribution in [0.3, 0.4) is 0 Å². The Morgan fingerprint density at radius 1 is 1.35 bits per heavy atom. The van der Waals surface area contributed by atoms with E-state index in [1.54, 1.807) is 13.2 Å². The van der Waals surface area contributed by atoms with Crippen LogP contribution in [-0.4, -0.2) is 54.9 Å². The summed E-state index contributed by atoms with van der Waals surface area (Å²) in [4.78, 5) is 15.2. The van der Waals surface area contributed by atoms with Crippen LogP contribution in [0.4, 0.5) is 0 Å². The van der Waals surface area contributed by atoms with Gasteiger partial charge in [-0.3, -0.25) is 9.69 Å². The van der Waals surface area contributed by atoms with Gasteiger partial charge in [-0.05, 0) is 56.5 Å². The number of nitrogens with zero attached hydrogens (tertiary/aromatic N) is 3. The normalized spacial score (nSPS) is 17.9. The summed E-state index contributed by atoms with van der Waals surface area (Å²) in [7, 11) is 1.68. The zero-order valence-electron chi connectivity index (χ0n) is 20.9. The SMILES string of the molecule is COCC(C)n1c(C)cc(/C=C(/C#N)C(=O)NCc2cccc(CN3CCOC(C)C3)c2)c1C. The van der Waals surface area contributed by atoms with Gasteiger partial charge in [0.15, 0.2) is 0 Å². The van der Waals surface area contributed by atoms with Crippen LogP contribution in [0, 0.1) is 25.2 Å². The second-order valence-corrected chi connectivity index (χ2v) is 9.09. The van der Waals surface area contributed by atoms with Crippen LogP contribution in [0.15, 0.2) is 35.9 Å². The molecular weight excluding hydrogens is 428 g/mol. The van der Waals surface area contributed by atoms with Crippen LogP contribution in [0.2, 0.25) is 0 Å². The van der Waals surface area contributed by atoms with E-state index in [9.17, 15) is 10.1 Å². The van der Waals surface area contributed by atoms with E-state index in [0.29, 0.717) is 13.2 Å². The molecule has 0 spiro atoms. The van der Waals surface area contributed by atoms with E-state index >= 15 is 0 Å². The Hall–Kier alpha value is -2.92. The molecule has 3 rings (SSSR count). The number of morpholine rings is 1. The first-order valence-electron chi connectivity index (χ1n) is 11.8. The lowest BCUT2D eigenvalue weighted by Crippen LogP contribution is -2.40. The molecule has 1 aliphatic heterocycles. The van der Waals surface area contributed by atoms with E-state index in [1.165, 1.54) is 5.56 Å². The Morgan fingerprint density at radius 3 is 2.82 bits per heavy atom. The van der Waals surface area contributed by atoms with Crippen molar-refractivity contribution in [2.24, 2.45) is 0 Å². The maximum atomic E-state index is 12.8. The fraction of sp³-hybridized carbons (Fsp3) is 0.481. The number of rotatable bonds is 9. The molecule has 34 heavy (non-hydrogen) atoms. The fourth-order valence-corrected chi connectivity index (χ4v) is 4.65. The summed E-state index contributed by atoms with van der Waals surface area (Å²) in [6, 6.07) is 12.5. The number of benzene rings is 1. The molecule has 1 aliphatic rings. The average molecular weight is 465 g/mol. The van der Waals surface area contributed by atoms with Crippen molar-refractivity contribution in [3.63, 3.8) is 0 Å². The molecule has 2 atom stereocenters. The van der Waals surface area contributed by atoms with E-state index in [1.807, 2.05) is 32.0 Å². The molecule has 1 aromatic heterocycles. The summed E-state index contributed by atoms with van der Waals surface area (Å²) in [5, 5.41) is 12.5. The summed E-state index contributed by atoms with van der Waals surface area (Å²) in [5.74, 6) is -0.371. The average Bonchev–Trinajstić information content (AvgIpc) is 3.09. The molecule has 2 aromatic rings. The first-order valence-corrected chi connectivity index (χ1v) is 11.8. The largest absolute Gasteiger partial charge is 0.383 e. The molecule has 1 fully saturated rings. The zero-order valence-corrected chi connectivity index (χ0v) is 20.9. The Balaban J connectivity index is 1.65. The number of nitriles is 1. The van der Waals surface area contributed by atoms with Crippen LogP contribution < -0.4 is 5.32 Å². The van der Waals surface area contributed by atoms with Gasteiger partial charge in [-0.15, -0.1) is 0 Å². The minimum Gasteiger partial charge on any atom is -0.383 e. The molecule has 0 saturated carbocycles. The first kappa shape index (κ1) is 25.7. The number of aromatic nitrogens is 1. The third kappa shape index (κ3) is 6.57. The van der Waals surface area contributed by atoms with Gasteiger partial charge in [-0.2, -0.15) is 5.26 Å². The summed E-state index contributed by atoms with van der Waals surface area (Å²) in [6.07, 6.45) is 1.92. The maximum Gasteiger partial charge on any atom is 0.262 e. The quantitative estimate of drug-likeness (QED) is 0.452. The van der Waals surface area contributed by atoms with E-state index in [4.69, 9.17) is 9.47 Å². The van der Waals surface area contributed by atoms with Crippen LogP contribution in [0.5, 0.6) is 0 Å². The van der Waals surface area contributed by atoms with Gasteiger partial charge in [0.2, 0.25) is 0 Å². The number of nitrogens with one attached hydrogen (secondary N) is 1. The monoisotopic (exact) mass is 464 g/mol. The van der Waals surface area contributed by atoms with Crippen molar-refractivity contribution >= 4 is 12.0 Å². The van der Waals surface area contributed by atoms with Crippen LogP contribution in [0.1, 0.15) is 48.0 Å². The molecule has 2 unspecified atom stereocenters. The standard InChI is InChI=1S/C27H36N4O3/c1-19-11-25(22(4)31(19)20(2)18-33-5)13-26(14-28)27(32)29-15-23-7-6-8-24(12-23)17-30-9-10-34-21(3)16-30/h6-8,11-13,20-21H,9-10,15-18H2,1-5H3,(H,29,32)/b26-13-. The number of carbonyl (C=O) groups excluding carboxylic acids is 1. The van der Waals surface area contributed by atoms with Crippen molar-refractivity contribution in [2.45, 2.75) is 52.9 Å². The molecule has 1 aromatic carbocycles. The van der Waals surface area contributed by atoms with Crippen molar-refractivity contribution in [3.8, 4) is 6.07 Å². The summed E-state index contributed by atoms with van der Waals surface area (Å²) >= 11 is 0. The molecule has 7 heteroatoms. The number of ether oxygens (including phenoxy) is 2. The molecule has 0 bridgehead atoms. The van der Waals surface area contributed by atoms with Gasteiger partial charge in [0.25, 0.3) is 5.91 Å². The van der Waals surface area contributed by atoms with Gasteiger partial charge >= 0.3 is 0 Å². The van der Waals surface area contributed by atoms with E-state index < -0.39 is 0 Å². The number of hydrogen-bond donors (Lipinski definition) is 1. The molecule has 1 N–H and O–H groups in total. The number of methoxy groups -OCH3 is 1. The van der Waals surface area contributed by atoms with E-state index in [0.717, 1.165) is 48.8 Å². The highest BCUT2D eigenvalue weighted by Crippen LogP contribution is 2.23. The van der Waals surface area contributed by atoms with Gasteiger partial charge in [-0.1, -0.05) is 24.3 Å². The smallest absolute Gasteiger partial charge is 0.262 e. The van der Waals surface area contributed by atoms with Crippen molar-refractivity contribution in [1.82, 2.24) is 14.8 Å². The van der Waals surface area contributed by atoms with Gasteiger partial charge in [0.1, 0.15) is 11.6 Å². The van der Waals surface area contributed by atoms with Crippen molar-refractivity contribution < 1.29 is 14.3 Å². The van der Waals surface area contributed by atoms with Crippen LogP contribution in [0.25, 0.3) is 6.08 Å². The van der Waals surface area contributed by atoms with Crippen molar-refractivity contribution in [2.75, 3.05) is 33.4 Å². The highest BCUT2D eigenvalue weighted by Gasteiger charge is 2.18. The number of hydrogen-bond acceptors (Lipinski definition) is 5. The van der Waals surface area contributed by atoms with Gasteiger partial charge in [0.05, 0.1) is 25.4 Å². The predicted octanol–water partition coefficient (Wildman–Crippen LogP) is 3.76. The van der Waals surface area contributed by atoms with Gasteiger partial charge < -0.3 is 19.4 Å². The third-order valence-electron chi connectivity index (χ3n) is 6.21. The van der Waals surface area contributed by atoms with E-state index in [2.05, 4.69) is 46.8 Å². The Kier molecular flexibility index (Phi) is 9.05. The summed E-state index contributed by atoms with van der Waals surface area (Å²) in [5.41, 5.74) is 5.25. The molecule has 7 nitrogen and oxygen atoms in total. The fourth-order valence-electron chi connectivity index (χ4n) is 4.65. The Labute approximate surface area is 203 Å². The van der Waals surface area contributed by atoms with Gasteiger partial charge in [-0.25, -0.2) is 0 Å². The first-order chi connectivity index (χ1) is 16.3. The molecular formula is C27H36N4O3. The van der Waals surface area contributed by atoms with Crippen molar-refractivity contribution in [1.29, 1.82) is 5.26 Å². The number of aryl methyl sites for hydroxylation is 1. The molecule has 0 radical (unpaired) electrons. The highest BCUT2D eigenvalue weighted by atomic mass is 16.5. The van der Waals surface area contributed by atoms with Crippen LogP contribution >= 0.6 is 0 Å². The van der Waals surface area contributed by atoms with E-state index in [-0.39, 0.29) is 23.6 Å². The lowest BCUT2D eigenvalue weighted by atomic mass is 10.1. The minimum absolute atomic E-state index is 0.0955. The number of carbonyl (C=O) groups is 1. The number of amides is 1. The molecule has 1 amide bonds. The summed E-state index contributed by atoms with van der Waals surface area (Å²) < 4.78 is 13.1. The molecule has 0 aliphatic carbocycles. The predicted molar refractivity (Wildman–Crippen MR) is 133 cm³/mol. The molecule has 1 saturated heterocycles. The second kappa shape index (κ2) is 12.0. The Bertz CT molecular complexity index is 1070. The van der Waals surface area contributed by atoms with Gasteiger partial charge in [0, 0.05) is 44.7 Å². The van der Waals surface area contributed by atoms with Crippen LogP contribution in [-0.2, 0) is 27.4 Å². The lowest BCUT2D eigenvalue weighted by Gasteiger charge is -2.31. The Morgan fingerprint density at radius 2 is 2.12 bits per heavy atom. The van der Waals surface area contributed by atoms with Crippen molar-refractivity contribution in [3.05, 3.63) is 64.0 Å². The highest BCUT2D eigenvalue weighted by molar-refractivity contribution is 6.01. The second-order valence-electron chi connectivity index (χ2n) is 9.09.